The number of ether oxygens (including phenoxy) is 1. The summed E-state index contributed by atoms with van der Waals surface area (Å²) in [6.45, 7) is 1.21. The summed E-state index contributed by atoms with van der Waals surface area (Å²) in [4.78, 5) is 39.1. The van der Waals surface area contributed by atoms with Crippen LogP contribution in [-0.4, -0.2) is 46.8 Å². The normalized spacial score (nSPS) is 11.2. The lowest BCUT2D eigenvalue weighted by atomic mass is 10.2. The highest BCUT2D eigenvalue weighted by Gasteiger charge is 2.16. The Bertz CT molecular complexity index is 1430. The number of amides is 1. The number of carbonyl (C=O) groups excluding carboxylic acids is 2. The monoisotopic (exact) mass is 466 g/mol. The largest absolute Gasteiger partial charge is 0.452 e. The second-order valence-electron chi connectivity index (χ2n) is 6.91. The number of nitrogens with zero attached hydrogens (tertiary/aromatic N) is 3. The minimum Gasteiger partial charge on any atom is -0.452 e. The van der Waals surface area contributed by atoms with Crippen molar-refractivity contribution in [2.24, 2.45) is 0 Å². The first-order valence-electron chi connectivity index (χ1n) is 9.63. The van der Waals surface area contributed by atoms with Gasteiger partial charge in [-0.3, -0.25) is 4.79 Å². The lowest BCUT2D eigenvalue weighted by Crippen LogP contribution is -2.21. The molecule has 1 amide bonds. The van der Waals surface area contributed by atoms with Crippen molar-refractivity contribution in [3.8, 4) is 0 Å². The summed E-state index contributed by atoms with van der Waals surface area (Å²) in [7, 11) is -3.90. The number of fused-ring (bicyclic) bond motifs is 1. The van der Waals surface area contributed by atoms with E-state index in [-0.39, 0.29) is 16.4 Å². The third-order valence-electron chi connectivity index (χ3n) is 4.46. The number of sulfonamides is 1. The number of benzene rings is 2. The molecule has 0 aliphatic rings. The zero-order valence-corrected chi connectivity index (χ0v) is 18.1. The Morgan fingerprint density at radius 3 is 2.61 bits per heavy atom. The second kappa shape index (κ2) is 9.04. The van der Waals surface area contributed by atoms with Crippen LogP contribution in [0.5, 0.6) is 0 Å². The van der Waals surface area contributed by atoms with Gasteiger partial charge in [0.25, 0.3) is 15.9 Å². The lowest BCUT2D eigenvalue weighted by Gasteiger charge is -2.09. The van der Waals surface area contributed by atoms with Crippen LogP contribution in [0.2, 0.25) is 0 Å². The maximum absolute atomic E-state index is 12.5. The van der Waals surface area contributed by atoms with Crippen LogP contribution < -0.4 is 10.0 Å². The number of aryl methyl sites for hydroxylation is 1. The Labute approximate surface area is 188 Å². The van der Waals surface area contributed by atoms with Gasteiger partial charge >= 0.3 is 5.97 Å². The highest BCUT2D eigenvalue weighted by molar-refractivity contribution is 7.92. The van der Waals surface area contributed by atoms with E-state index in [0.29, 0.717) is 22.4 Å². The fraction of sp³-hybridized carbons (Fsp3) is 0.0952. The minimum atomic E-state index is -3.90. The van der Waals surface area contributed by atoms with Crippen LogP contribution in [0, 0.1) is 6.92 Å². The zero-order valence-electron chi connectivity index (χ0n) is 17.3. The van der Waals surface area contributed by atoms with Gasteiger partial charge in [0.05, 0.1) is 27.8 Å². The average molecular weight is 466 g/mol. The third kappa shape index (κ3) is 5.30. The van der Waals surface area contributed by atoms with Crippen molar-refractivity contribution in [2.45, 2.75) is 11.8 Å². The van der Waals surface area contributed by atoms with E-state index in [1.165, 1.54) is 36.8 Å². The second-order valence-corrected chi connectivity index (χ2v) is 8.59. The molecule has 0 saturated heterocycles. The zero-order chi connectivity index (χ0) is 23.4. The van der Waals surface area contributed by atoms with E-state index in [1.54, 1.807) is 31.2 Å². The summed E-state index contributed by atoms with van der Waals surface area (Å²) in [5.41, 5.74) is 2.60. The van der Waals surface area contributed by atoms with Gasteiger partial charge < -0.3 is 15.0 Å². The Morgan fingerprint density at radius 2 is 1.85 bits per heavy atom. The van der Waals surface area contributed by atoms with Crippen molar-refractivity contribution in [3.63, 3.8) is 0 Å². The molecule has 0 unspecified atom stereocenters. The van der Waals surface area contributed by atoms with Gasteiger partial charge in [-0.15, -0.1) is 0 Å². The summed E-state index contributed by atoms with van der Waals surface area (Å²) in [5.74, 6) is -1.28. The standard InChI is InChI=1S/C21H18N6O5S/c1-13-8-9-22-21(25-13)27-33(30,31)16-5-3-15(4-6-16)26-19(28)11-32-20(29)14-2-7-17-18(10-14)24-12-23-17/h2-10,12H,11H2,1H3,(H,23,24)(H,26,28)(H,22,25,27). The van der Waals surface area contributed by atoms with Crippen molar-refractivity contribution >= 4 is 44.6 Å². The smallest absolute Gasteiger partial charge is 0.338 e. The average Bonchev–Trinajstić information content (AvgIpc) is 3.25. The molecule has 0 spiro atoms. The molecule has 4 aromatic rings. The number of hydrogen-bond acceptors (Lipinski definition) is 8. The number of rotatable bonds is 7. The fourth-order valence-electron chi connectivity index (χ4n) is 2.87. The summed E-state index contributed by atoms with van der Waals surface area (Å²) < 4.78 is 32.3. The van der Waals surface area contributed by atoms with Gasteiger partial charge in [-0.2, -0.15) is 0 Å². The molecular weight excluding hydrogens is 448 g/mol. The Kier molecular flexibility index (Phi) is 6.00. The molecule has 0 fully saturated rings. The Balaban J connectivity index is 1.33. The van der Waals surface area contributed by atoms with Gasteiger partial charge in [-0.1, -0.05) is 0 Å². The number of imidazole rings is 1. The number of aromatic amines is 1. The molecular formula is C21H18N6O5S. The topological polar surface area (TPSA) is 156 Å². The van der Waals surface area contributed by atoms with Crippen LogP contribution in [0.3, 0.4) is 0 Å². The fourth-order valence-corrected chi connectivity index (χ4v) is 3.82. The molecule has 0 radical (unpaired) electrons. The predicted molar refractivity (Wildman–Crippen MR) is 119 cm³/mol. The van der Waals surface area contributed by atoms with Gasteiger partial charge in [0.15, 0.2) is 6.61 Å². The summed E-state index contributed by atoms with van der Waals surface area (Å²) >= 11 is 0. The predicted octanol–water partition coefficient (Wildman–Crippen LogP) is 2.26. The Hall–Kier alpha value is -4.32. The number of H-pyrrole nitrogens is 1. The van der Waals surface area contributed by atoms with Crippen molar-refractivity contribution in [1.29, 1.82) is 0 Å². The quantitative estimate of drug-likeness (QED) is 0.350. The van der Waals surface area contributed by atoms with Crippen molar-refractivity contribution in [1.82, 2.24) is 19.9 Å². The first-order chi connectivity index (χ1) is 15.8. The number of aromatic nitrogens is 4. The molecule has 2 heterocycles. The first kappa shape index (κ1) is 21.9. The molecule has 4 rings (SSSR count). The summed E-state index contributed by atoms with van der Waals surface area (Å²) in [6.07, 6.45) is 2.96. The number of hydrogen-bond donors (Lipinski definition) is 3. The van der Waals surface area contributed by atoms with Gasteiger partial charge in [-0.25, -0.2) is 32.9 Å². The van der Waals surface area contributed by atoms with E-state index in [1.807, 2.05) is 0 Å². The van der Waals surface area contributed by atoms with E-state index in [2.05, 4.69) is 30.0 Å². The van der Waals surface area contributed by atoms with Crippen molar-refractivity contribution < 1.29 is 22.7 Å². The molecule has 2 aromatic carbocycles. The number of anilines is 2. The summed E-state index contributed by atoms with van der Waals surface area (Å²) in [5, 5.41) is 2.54. The van der Waals surface area contributed by atoms with Crippen molar-refractivity contribution in [2.75, 3.05) is 16.6 Å². The maximum Gasteiger partial charge on any atom is 0.338 e. The maximum atomic E-state index is 12.5. The van der Waals surface area contributed by atoms with E-state index in [4.69, 9.17) is 4.74 Å². The SMILES string of the molecule is Cc1ccnc(NS(=O)(=O)c2ccc(NC(=O)COC(=O)c3ccc4nc[nH]c4c3)cc2)n1. The third-order valence-corrected chi connectivity index (χ3v) is 5.80. The van der Waals surface area contributed by atoms with Crippen LogP contribution in [0.4, 0.5) is 11.6 Å². The molecule has 2 aromatic heterocycles. The van der Waals surface area contributed by atoms with Crippen LogP contribution in [0.25, 0.3) is 11.0 Å². The lowest BCUT2D eigenvalue weighted by molar-refractivity contribution is -0.119. The van der Waals surface area contributed by atoms with Gasteiger partial charge in [-0.05, 0) is 55.5 Å². The molecule has 168 valence electrons. The number of nitrogens with one attached hydrogen (secondary N) is 3. The highest BCUT2D eigenvalue weighted by atomic mass is 32.2. The van der Waals surface area contributed by atoms with E-state index >= 15 is 0 Å². The molecule has 0 atom stereocenters. The highest BCUT2D eigenvalue weighted by Crippen LogP contribution is 2.17. The van der Waals surface area contributed by atoms with Crippen LogP contribution in [-0.2, 0) is 19.6 Å². The van der Waals surface area contributed by atoms with E-state index < -0.39 is 28.5 Å². The molecule has 0 bridgehead atoms. The van der Waals surface area contributed by atoms with Crippen molar-refractivity contribution in [3.05, 3.63) is 72.3 Å². The summed E-state index contributed by atoms with van der Waals surface area (Å²) in [6, 6.07) is 11.9. The van der Waals surface area contributed by atoms with E-state index in [9.17, 15) is 18.0 Å². The van der Waals surface area contributed by atoms with Crippen LogP contribution in [0.1, 0.15) is 16.1 Å². The Morgan fingerprint density at radius 1 is 1.06 bits per heavy atom. The van der Waals surface area contributed by atoms with Gasteiger partial charge in [0.1, 0.15) is 0 Å². The molecule has 12 heteroatoms. The van der Waals surface area contributed by atoms with Gasteiger partial charge in [0.2, 0.25) is 5.95 Å². The van der Waals surface area contributed by atoms with Crippen LogP contribution >= 0.6 is 0 Å². The van der Waals surface area contributed by atoms with E-state index in [0.717, 1.165) is 0 Å². The molecule has 0 aliphatic carbocycles. The number of carbonyl (C=O) groups is 2. The molecule has 11 nitrogen and oxygen atoms in total. The molecule has 0 aliphatic heterocycles. The first-order valence-corrected chi connectivity index (χ1v) is 11.1. The minimum absolute atomic E-state index is 0.0359. The van der Waals surface area contributed by atoms with Crippen LogP contribution in [0.15, 0.2) is 66.0 Å². The molecule has 33 heavy (non-hydrogen) atoms. The molecule has 0 saturated carbocycles. The number of esters is 1. The molecule has 3 N–H and O–H groups in total. The van der Waals surface area contributed by atoms with Gasteiger partial charge in [0, 0.05) is 17.6 Å².